The lowest BCUT2D eigenvalue weighted by molar-refractivity contribution is 0.106. The standard InChI is InChI=1S/C12H23N3O/c1-10(11-4-5-11)15(6-7-16-3)9-12(2,14)8-13/h10-11H,4-7,9,14H2,1-3H3. The molecule has 2 N–H and O–H groups in total. The maximum Gasteiger partial charge on any atom is 0.114 e. The summed E-state index contributed by atoms with van der Waals surface area (Å²) >= 11 is 0. The molecule has 92 valence electrons. The molecule has 0 radical (unpaired) electrons. The van der Waals surface area contributed by atoms with E-state index in [1.54, 1.807) is 14.0 Å². The van der Waals surface area contributed by atoms with Crippen LogP contribution in [0.25, 0.3) is 0 Å². The summed E-state index contributed by atoms with van der Waals surface area (Å²) in [6.45, 7) is 6.17. The molecule has 4 nitrogen and oxygen atoms in total. The van der Waals surface area contributed by atoms with Gasteiger partial charge in [0, 0.05) is 26.2 Å². The Hall–Kier alpha value is -0.630. The molecule has 16 heavy (non-hydrogen) atoms. The van der Waals surface area contributed by atoms with E-state index in [2.05, 4.69) is 17.9 Å². The van der Waals surface area contributed by atoms with Gasteiger partial charge in [-0.1, -0.05) is 0 Å². The third-order valence-corrected chi connectivity index (χ3v) is 3.25. The molecule has 2 unspecified atom stereocenters. The fourth-order valence-corrected chi connectivity index (χ4v) is 1.97. The van der Waals surface area contributed by atoms with E-state index in [9.17, 15) is 0 Å². The Balaban J connectivity index is 2.52. The molecule has 2 atom stereocenters. The van der Waals surface area contributed by atoms with E-state index in [4.69, 9.17) is 15.7 Å². The fraction of sp³-hybridized carbons (Fsp3) is 0.917. The van der Waals surface area contributed by atoms with Crippen molar-refractivity contribution >= 4 is 0 Å². The first-order valence-electron chi connectivity index (χ1n) is 5.93. The van der Waals surface area contributed by atoms with Crippen LogP contribution in [0, 0.1) is 17.2 Å². The minimum atomic E-state index is -0.767. The maximum atomic E-state index is 8.97. The van der Waals surface area contributed by atoms with Gasteiger partial charge in [0.25, 0.3) is 0 Å². The first kappa shape index (κ1) is 13.4. The van der Waals surface area contributed by atoms with Crippen LogP contribution in [0.1, 0.15) is 26.7 Å². The second kappa shape index (κ2) is 5.62. The van der Waals surface area contributed by atoms with Crippen LogP contribution in [0.2, 0.25) is 0 Å². The summed E-state index contributed by atoms with van der Waals surface area (Å²) < 4.78 is 5.11. The average molecular weight is 225 g/mol. The quantitative estimate of drug-likeness (QED) is 0.701. The zero-order valence-corrected chi connectivity index (χ0v) is 10.6. The van der Waals surface area contributed by atoms with Crippen LogP contribution in [0.4, 0.5) is 0 Å². The van der Waals surface area contributed by atoms with E-state index in [0.29, 0.717) is 19.2 Å². The van der Waals surface area contributed by atoms with Crippen molar-refractivity contribution in [1.82, 2.24) is 4.90 Å². The SMILES string of the molecule is COCCN(CC(C)(N)C#N)C(C)C1CC1. The molecule has 0 spiro atoms. The summed E-state index contributed by atoms with van der Waals surface area (Å²) in [7, 11) is 1.70. The molecule has 1 aliphatic carbocycles. The van der Waals surface area contributed by atoms with E-state index in [0.717, 1.165) is 12.5 Å². The Morgan fingerprint density at radius 1 is 1.62 bits per heavy atom. The lowest BCUT2D eigenvalue weighted by atomic mass is 10.0. The van der Waals surface area contributed by atoms with Gasteiger partial charge in [-0.05, 0) is 32.6 Å². The van der Waals surface area contributed by atoms with Crippen LogP contribution in [-0.2, 0) is 4.74 Å². The van der Waals surface area contributed by atoms with Crippen LogP contribution < -0.4 is 5.73 Å². The predicted octanol–water partition coefficient (Wildman–Crippen LogP) is 0.974. The van der Waals surface area contributed by atoms with Crippen molar-refractivity contribution in [3.8, 4) is 6.07 Å². The number of nitrogens with two attached hydrogens (primary N) is 1. The first-order valence-corrected chi connectivity index (χ1v) is 5.93. The number of hydrogen-bond donors (Lipinski definition) is 1. The van der Waals surface area contributed by atoms with Gasteiger partial charge in [-0.25, -0.2) is 0 Å². The van der Waals surface area contributed by atoms with Gasteiger partial charge in [0.15, 0.2) is 0 Å². The van der Waals surface area contributed by atoms with Gasteiger partial charge in [0.2, 0.25) is 0 Å². The van der Waals surface area contributed by atoms with Crippen LogP contribution in [-0.4, -0.2) is 43.3 Å². The summed E-state index contributed by atoms with van der Waals surface area (Å²) in [5.74, 6) is 0.784. The van der Waals surface area contributed by atoms with E-state index < -0.39 is 5.54 Å². The molecule has 0 bridgehead atoms. The molecular weight excluding hydrogens is 202 g/mol. The Kier molecular flexibility index (Phi) is 4.72. The molecule has 0 aromatic rings. The number of nitrogens with zero attached hydrogens (tertiary/aromatic N) is 2. The number of ether oxygens (including phenoxy) is 1. The van der Waals surface area contributed by atoms with Gasteiger partial charge >= 0.3 is 0 Å². The van der Waals surface area contributed by atoms with Crippen molar-refractivity contribution in [2.24, 2.45) is 11.7 Å². The van der Waals surface area contributed by atoms with Gasteiger partial charge in [-0.2, -0.15) is 5.26 Å². The molecule has 0 amide bonds. The molecule has 1 aliphatic rings. The van der Waals surface area contributed by atoms with Crippen molar-refractivity contribution in [2.75, 3.05) is 26.8 Å². The Labute approximate surface area is 98.4 Å². The number of rotatable bonds is 7. The summed E-state index contributed by atoms with van der Waals surface area (Å²) in [4.78, 5) is 2.28. The monoisotopic (exact) mass is 225 g/mol. The Morgan fingerprint density at radius 2 is 2.25 bits per heavy atom. The second-order valence-corrected chi connectivity index (χ2v) is 5.07. The number of methoxy groups -OCH3 is 1. The highest BCUT2D eigenvalue weighted by molar-refractivity contribution is 5.04. The molecule has 0 heterocycles. The van der Waals surface area contributed by atoms with E-state index >= 15 is 0 Å². The van der Waals surface area contributed by atoms with Crippen molar-refractivity contribution in [3.05, 3.63) is 0 Å². The summed E-state index contributed by atoms with van der Waals surface area (Å²) in [5, 5.41) is 8.97. The molecule has 4 heteroatoms. The second-order valence-electron chi connectivity index (χ2n) is 5.07. The highest BCUT2D eigenvalue weighted by atomic mass is 16.5. The van der Waals surface area contributed by atoms with Crippen molar-refractivity contribution in [1.29, 1.82) is 5.26 Å². The fourth-order valence-electron chi connectivity index (χ4n) is 1.97. The van der Waals surface area contributed by atoms with Gasteiger partial charge in [0.1, 0.15) is 5.54 Å². The third kappa shape index (κ3) is 4.09. The normalized spacial score (nSPS) is 21.5. The van der Waals surface area contributed by atoms with E-state index in [1.807, 2.05) is 0 Å². The lowest BCUT2D eigenvalue weighted by Crippen LogP contribution is -2.51. The highest BCUT2D eigenvalue weighted by Crippen LogP contribution is 2.35. The zero-order chi connectivity index (χ0) is 12.2. The molecule has 1 rings (SSSR count). The minimum Gasteiger partial charge on any atom is -0.383 e. The van der Waals surface area contributed by atoms with Crippen molar-refractivity contribution in [2.45, 2.75) is 38.3 Å². The number of hydrogen-bond acceptors (Lipinski definition) is 4. The van der Waals surface area contributed by atoms with E-state index in [1.165, 1.54) is 12.8 Å². The average Bonchev–Trinajstić information content (AvgIpc) is 3.07. The maximum absolute atomic E-state index is 8.97. The topological polar surface area (TPSA) is 62.3 Å². The van der Waals surface area contributed by atoms with Crippen molar-refractivity contribution in [3.63, 3.8) is 0 Å². The lowest BCUT2D eigenvalue weighted by Gasteiger charge is -2.33. The molecule has 0 saturated heterocycles. The molecular formula is C12H23N3O. The molecule has 1 fully saturated rings. The largest absolute Gasteiger partial charge is 0.383 e. The highest BCUT2D eigenvalue weighted by Gasteiger charge is 2.34. The minimum absolute atomic E-state index is 0.506. The number of nitriles is 1. The van der Waals surface area contributed by atoms with Crippen LogP contribution in [0.15, 0.2) is 0 Å². The van der Waals surface area contributed by atoms with Crippen LogP contribution >= 0.6 is 0 Å². The summed E-state index contributed by atoms with van der Waals surface area (Å²) in [6, 6.07) is 2.66. The van der Waals surface area contributed by atoms with Gasteiger partial charge < -0.3 is 10.5 Å². The summed E-state index contributed by atoms with van der Waals surface area (Å²) in [6.07, 6.45) is 2.61. The predicted molar refractivity (Wildman–Crippen MR) is 63.8 cm³/mol. The molecule has 0 aromatic heterocycles. The van der Waals surface area contributed by atoms with Gasteiger partial charge in [-0.15, -0.1) is 0 Å². The van der Waals surface area contributed by atoms with Crippen molar-refractivity contribution < 1.29 is 4.74 Å². The Morgan fingerprint density at radius 3 is 2.69 bits per heavy atom. The Bertz CT molecular complexity index is 255. The molecule has 0 aromatic carbocycles. The molecule has 0 aliphatic heterocycles. The van der Waals surface area contributed by atoms with Gasteiger partial charge in [-0.3, -0.25) is 4.90 Å². The molecule has 1 saturated carbocycles. The summed E-state index contributed by atoms with van der Waals surface area (Å²) in [5.41, 5.74) is 5.14. The van der Waals surface area contributed by atoms with Gasteiger partial charge in [0.05, 0.1) is 12.7 Å². The van der Waals surface area contributed by atoms with Crippen LogP contribution in [0.3, 0.4) is 0 Å². The third-order valence-electron chi connectivity index (χ3n) is 3.25. The first-order chi connectivity index (χ1) is 7.50. The smallest absolute Gasteiger partial charge is 0.114 e. The van der Waals surface area contributed by atoms with E-state index in [-0.39, 0.29) is 0 Å². The van der Waals surface area contributed by atoms with Crippen LogP contribution in [0.5, 0.6) is 0 Å². The zero-order valence-electron chi connectivity index (χ0n) is 10.6.